The first-order valence-corrected chi connectivity index (χ1v) is 9.93. The van der Waals surface area contributed by atoms with E-state index in [-0.39, 0.29) is 5.92 Å². The zero-order chi connectivity index (χ0) is 18.4. The van der Waals surface area contributed by atoms with Crippen LogP contribution >= 0.6 is 0 Å². The predicted molar refractivity (Wildman–Crippen MR) is 106 cm³/mol. The third kappa shape index (κ3) is 5.09. The molecule has 0 aromatic heterocycles. The number of hydrogen-bond donors (Lipinski definition) is 2. The van der Waals surface area contributed by atoms with Crippen LogP contribution in [0.3, 0.4) is 0 Å². The monoisotopic (exact) mass is 354 g/mol. The Morgan fingerprint density at radius 3 is 2.19 bits per heavy atom. The topological polar surface area (TPSA) is 33.9 Å². The van der Waals surface area contributed by atoms with Crippen molar-refractivity contribution in [2.75, 3.05) is 26.2 Å². The highest BCUT2D eigenvalue weighted by Gasteiger charge is 2.29. The van der Waals surface area contributed by atoms with Crippen LogP contribution in [0, 0.1) is 5.92 Å². The van der Waals surface area contributed by atoms with Crippen molar-refractivity contribution in [1.82, 2.24) is 0 Å². The quantitative estimate of drug-likeness (QED) is 0.763. The summed E-state index contributed by atoms with van der Waals surface area (Å²) in [4.78, 5) is 1.61. The number of aliphatic hydroxyl groups excluding tert-OH is 1. The van der Waals surface area contributed by atoms with Gasteiger partial charge in [-0.05, 0) is 29.2 Å². The second-order valence-electron chi connectivity index (χ2n) is 7.90. The summed E-state index contributed by atoms with van der Waals surface area (Å²) in [7, 11) is 0. The summed E-state index contributed by atoms with van der Waals surface area (Å²) in [5.74, 6) is 1.49. The molecule has 1 saturated heterocycles. The normalized spacial score (nSPS) is 17.4. The van der Waals surface area contributed by atoms with Crippen LogP contribution in [-0.2, 0) is 0 Å². The van der Waals surface area contributed by atoms with Gasteiger partial charge in [-0.2, -0.15) is 0 Å². The molecule has 2 unspecified atom stereocenters. The first kappa shape index (κ1) is 18.9. The Hall–Kier alpha value is -1.84. The maximum Gasteiger partial charge on any atom is 0.119 e. The molecule has 3 heteroatoms. The Balaban J connectivity index is 1.74. The van der Waals surface area contributed by atoms with Crippen LogP contribution in [0.5, 0.6) is 5.75 Å². The third-order valence-electron chi connectivity index (χ3n) is 5.23. The second kappa shape index (κ2) is 9.20. The lowest BCUT2D eigenvalue weighted by atomic mass is 9.88. The van der Waals surface area contributed by atoms with Crippen molar-refractivity contribution in [2.45, 2.75) is 38.7 Å². The molecule has 0 bridgehead atoms. The predicted octanol–water partition coefficient (Wildman–Crippen LogP) is 3.22. The van der Waals surface area contributed by atoms with Crippen molar-refractivity contribution in [3.63, 3.8) is 0 Å². The van der Waals surface area contributed by atoms with Crippen LogP contribution < -0.4 is 9.64 Å². The number of hydrogen-bond acceptors (Lipinski definition) is 2. The summed E-state index contributed by atoms with van der Waals surface area (Å²) in [5, 5.41) is 11.1. The van der Waals surface area contributed by atoms with Gasteiger partial charge in [-0.1, -0.05) is 56.3 Å². The molecule has 0 amide bonds. The molecule has 1 aliphatic heterocycles. The number of nitrogens with one attached hydrogen (secondary N) is 1. The van der Waals surface area contributed by atoms with Gasteiger partial charge in [0.25, 0.3) is 0 Å². The van der Waals surface area contributed by atoms with Gasteiger partial charge in [-0.15, -0.1) is 0 Å². The second-order valence-corrected chi connectivity index (χ2v) is 7.90. The van der Waals surface area contributed by atoms with E-state index in [1.165, 1.54) is 31.5 Å². The molecule has 3 rings (SSSR count). The number of benzene rings is 2. The van der Waals surface area contributed by atoms with E-state index < -0.39 is 6.10 Å². The van der Waals surface area contributed by atoms with Gasteiger partial charge >= 0.3 is 0 Å². The van der Waals surface area contributed by atoms with E-state index in [1.807, 2.05) is 30.3 Å². The third-order valence-corrected chi connectivity index (χ3v) is 5.23. The minimum Gasteiger partial charge on any atom is -0.493 e. The molecule has 3 nitrogen and oxygen atoms in total. The zero-order valence-corrected chi connectivity index (χ0v) is 16.0. The van der Waals surface area contributed by atoms with Crippen molar-refractivity contribution >= 4 is 0 Å². The van der Waals surface area contributed by atoms with E-state index in [9.17, 15) is 5.11 Å². The molecular weight excluding hydrogens is 322 g/mol. The summed E-state index contributed by atoms with van der Waals surface area (Å²) in [5.41, 5.74) is 2.19. The average molecular weight is 355 g/mol. The molecule has 0 spiro atoms. The Labute approximate surface area is 157 Å². The molecule has 0 aliphatic carbocycles. The highest BCUT2D eigenvalue weighted by molar-refractivity contribution is 5.31. The summed E-state index contributed by atoms with van der Waals surface area (Å²) >= 11 is 0. The van der Waals surface area contributed by atoms with Crippen molar-refractivity contribution in [1.29, 1.82) is 0 Å². The smallest absolute Gasteiger partial charge is 0.119 e. The highest BCUT2D eigenvalue weighted by Crippen LogP contribution is 2.31. The molecule has 0 saturated carbocycles. The Morgan fingerprint density at radius 1 is 0.923 bits per heavy atom. The molecule has 0 radical (unpaired) electrons. The molecule has 2 aromatic carbocycles. The van der Waals surface area contributed by atoms with Crippen LogP contribution in [0.25, 0.3) is 0 Å². The maximum atomic E-state index is 11.1. The summed E-state index contributed by atoms with van der Waals surface area (Å²) in [6.45, 7) is 8.42. The van der Waals surface area contributed by atoms with E-state index in [2.05, 4.69) is 38.1 Å². The van der Waals surface area contributed by atoms with E-state index in [0.29, 0.717) is 12.5 Å². The standard InChI is InChI=1S/C23H31NO2/c1-18(2)17-26-21-12-10-20(11-13-21)23(25)22(16-24-14-6-7-15-24)19-8-4-3-5-9-19/h3-5,8-13,18,22-23,25H,6-7,14-17H2,1-2H3/p+1. The Kier molecular flexibility index (Phi) is 6.70. The number of quaternary nitrogens is 1. The minimum atomic E-state index is -0.496. The number of likely N-dealkylation sites (tertiary alicyclic amines) is 1. The first-order chi connectivity index (χ1) is 12.6. The van der Waals surface area contributed by atoms with E-state index in [1.54, 1.807) is 4.90 Å². The molecule has 2 atom stereocenters. The molecule has 2 N–H and O–H groups in total. The lowest BCUT2D eigenvalue weighted by molar-refractivity contribution is -0.889. The fraction of sp³-hybridized carbons (Fsp3) is 0.478. The van der Waals surface area contributed by atoms with E-state index in [4.69, 9.17) is 4.74 Å². The molecule has 1 fully saturated rings. The maximum absolute atomic E-state index is 11.1. The number of ether oxygens (including phenoxy) is 1. The van der Waals surface area contributed by atoms with E-state index >= 15 is 0 Å². The van der Waals surface area contributed by atoms with Gasteiger partial charge in [-0.25, -0.2) is 0 Å². The Morgan fingerprint density at radius 2 is 1.58 bits per heavy atom. The van der Waals surface area contributed by atoms with Crippen LogP contribution in [0.15, 0.2) is 54.6 Å². The van der Waals surface area contributed by atoms with Gasteiger partial charge in [0.1, 0.15) is 5.75 Å². The lowest BCUT2D eigenvalue weighted by Crippen LogP contribution is -3.10. The van der Waals surface area contributed by atoms with Crippen molar-refractivity contribution in [3.8, 4) is 5.75 Å². The van der Waals surface area contributed by atoms with Gasteiger partial charge in [0.2, 0.25) is 0 Å². The lowest BCUT2D eigenvalue weighted by Gasteiger charge is -2.26. The largest absolute Gasteiger partial charge is 0.493 e. The molecule has 1 aliphatic rings. The highest BCUT2D eigenvalue weighted by atomic mass is 16.5. The van der Waals surface area contributed by atoms with Crippen LogP contribution in [0.1, 0.15) is 49.8 Å². The van der Waals surface area contributed by atoms with Crippen molar-refractivity contribution in [3.05, 3.63) is 65.7 Å². The van der Waals surface area contributed by atoms with Crippen LogP contribution in [0.4, 0.5) is 0 Å². The van der Waals surface area contributed by atoms with Crippen LogP contribution in [-0.4, -0.2) is 31.3 Å². The van der Waals surface area contributed by atoms with E-state index in [0.717, 1.165) is 17.9 Å². The summed E-state index contributed by atoms with van der Waals surface area (Å²) < 4.78 is 5.77. The molecule has 2 aromatic rings. The summed E-state index contributed by atoms with van der Waals surface area (Å²) in [6.07, 6.45) is 2.11. The van der Waals surface area contributed by atoms with Gasteiger partial charge in [0, 0.05) is 12.8 Å². The number of rotatable bonds is 8. The molecule has 1 heterocycles. The van der Waals surface area contributed by atoms with Gasteiger partial charge < -0.3 is 14.7 Å². The Bertz CT molecular complexity index is 648. The average Bonchev–Trinajstić information content (AvgIpc) is 3.18. The molecule has 26 heavy (non-hydrogen) atoms. The zero-order valence-electron chi connectivity index (χ0n) is 16.0. The fourth-order valence-electron chi connectivity index (χ4n) is 3.76. The SMILES string of the molecule is CC(C)COc1ccc(C(O)C(C[NH+]2CCCC2)c2ccccc2)cc1. The minimum absolute atomic E-state index is 0.117. The van der Waals surface area contributed by atoms with Crippen LogP contribution in [0.2, 0.25) is 0 Å². The fourth-order valence-corrected chi connectivity index (χ4v) is 3.76. The van der Waals surface area contributed by atoms with Crippen molar-refractivity contribution < 1.29 is 14.7 Å². The van der Waals surface area contributed by atoms with Crippen molar-refractivity contribution in [2.24, 2.45) is 5.92 Å². The first-order valence-electron chi connectivity index (χ1n) is 9.93. The molecule has 140 valence electrons. The molecular formula is C23H32NO2+. The van der Waals surface area contributed by atoms with Gasteiger partial charge in [0.05, 0.1) is 38.3 Å². The number of aliphatic hydroxyl groups is 1. The van der Waals surface area contributed by atoms with Gasteiger partial charge in [-0.3, -0.25) is 0 Å². The summed E-state index contributed by atoms with van der Waals surface area (Å²) in [6, 6.07) is 18.4. The van der Waals surface area contributed by atoms with Gasteiger partial charge in [0.15, 0.2) is 0 Å².